The molecule has 13 N–H and O–H groups in total. The highest BCUT2D eigenvalue weighted by molar-refractivity contribution is 6.00. The van der Waals surface area contributed by atoms with E-state index in [4.69, 9.17) is 11.5 Å². The number of aliphatic carboxylic acids is 1. The SMILES string of the molecule is CCC(C)C(NC(=O)C1CCCN1C(=O)CNC(=O)C1CCCN1C(=O)C(Cc1ccccc1)NC(=O)C1CCCN1C(=O)C(N)Cc1ccc(O)cc1)C(=O)N1CCCC1C(=O)NC(CC(N)=O)C(=O)NC(CO)C(=O)NC(CC(C)C)C(=O)O. The van der Waals surface area contributed by atoms with E-state index in [0.717, 1.165) is 11.1 Å². The van der Waals surface area contributed by atoms with E-state index in [-0.39, 0.29) is 76.4 Å². The van der Waals surface area contributed by atoms with Gasteiger partial charge in [0, 0.05) is 32.6 Å². The minimum Gasteiger partial charge on any atom is -0.508 e. The molecular formula is C59H84N12O15. The number of aliphatic hydroxyl groups excluding tert-OH is 1. The van der Waals surface area contributed by atoms with Crippen LogP contribution < -0.4 is 43.4 Å². The van der Waals surface area contributed by atoms with Crippen LogP contribution in [0.1, 0.15) is 109 Å². The summed E-state index contributed by atoms with van der Waals surface area (Å²) < 4.78 is 0. The minimum atomic E-state index is -1.69. The standard InChI is InChI=1S/C59H84N12O15/c1-5-34(4)49(58(84)71-26-12-18-46(71)53(79)63-39(30-47(61)74)50(76)66-42(32-72)51(77)65-41(59(85)86)27-33(2)3)67-55(81)44-16-9-23-68(44)48(75)31-62-52(78)43-15-10-25-70(43)57(83)40(29-35-13-7-6-8-14-35)64-54(80)45-17-11-24-69(45)56(82)38(60)28-36-19-21-37(73)22-20-36/h6-8,13-14,19-22,33-34,38-46,49,72-73H,5,9-12,15-18,23-32,60H2,1-4H3,(H2,61,74)(H,62,78)(H,63,79)(H,64,80)(H,65,77)(H,66,76)(H,67,81)(H,85,86). The third-order valence-corrected chi connectivity index (χ3v) is 16.4. The Balaban J connectivity index is 1.06. The molecule has 0 aromatic heterocycles. The monoisotopic (exact) mass is 1200 g/mol. The summed E-state index contributed by atoms with van der Waals surface area (Å²) in [5.41, 5.74) is 13.2. The van der Waals surface area contributed by atoms with Crippen molar-refractivity contribution in [1.82, 2.24) is 51.5 Å². The number of aromatic hydroxyl groups is 1. The largest absolute Gasteiger partial charge is 0.508 e. The van der Waals surface area contributed by atoms with Crippen molar-refractivity contribution in [3.8, 4) is 5.75 Å². The first kappa shape index (κ1) is 66.9. The lowest BCUT2D eigenvalue weighted by Crippen LogP contribution is -2.60. The first-order chi connectivity index (χ1) is 40.9. The third kappa shape index (κ3) is 17.7. The number of carboxylic acid groups (broad SMARTS) is 1. The number of nitrogens with one attached hydrogen (secondary N) is 6. The summed E-state index contributed by atoms with van der Waals surface area (Å²) in [5.74, 6) is -9.94. The van der Waals surface area contributed by atoms with Gasteiger partial charge in [0.1, 0.15) is 60.1 Å². The number of carbonyl (C=O) groups is 12. The molecule has 0 bridgehead atoms. The lowest BCUT2D eigenvalue weighted by Gasteiger charge is -2.33. The van der Waals surface area contributed by atoms with Crippen molar-refractivity contribution in [2.75, 3.05) is 39.3 Å². The molecule has 4 saturated heterocycles. The number of rotatable bonds is 28. The second-order valence-corrected chi connectivity index (χ2v) is 23.1. The van der Waals surface area contributed by atoms with Crippen molar-refractivity contribution in [3.63, 3.8) is 0 Å². The van der Waals surface area contributed by atoms with Crippen molar-refractivity contribution in [3.05, 3.63) is 65.7 Å². The van der Waals surface area contributed by atoms with Crippen molar-refractivity contribution < 1.29 is 72.9 Å². The van der Waals surface area contributed by atoms with Gasteiger partial charge < -0.3 is 78.3 Å². The number of hydrogen-bond donors (Lipinski definition) is 11. The Labute approximate surface area is 499 Å². The van der Waals surface area contributed by atoms with Gasteiger partial charge in [-0.2, -0.15) is 0 Å². The van der Waals surface area contributed by atoms with Crippen LogP contribution in [0.2, 0.25) is 0 Å². The zero-order valence-electron chi connectivity index (χ0n) is 49.2. The van der Waals surface area contributed by atoms with E-state index in [2.05, 4.69) is 31.9 Å². The molecule has 11 atom stereocenters. The van der Waals surface area contributed by atoms with Crippen molar-refractivity contribution in [2.45, 2.75) is 172 Å². The number of phenols is 1. The van der Waals surface area contributed by atoms with E-state index in [0.29, 0.717) is 38.5 Å². The van der Waals surface area contributed by atoms with Crippen molar-refractivity contribution >= 4 is 70.9 Å². The summed E-state index contributed by atoms with van der Waals surface area (Å²) in [6.07, 6.45) is 2.58. The van der Waals surface area contributed by atoms with Gasteiger partial charge >= 0.3 is 5.97 Å². The molecule has 27 nitrogen and oxygen atoms in total. The highest BCUT2D eigenvalue weighted by Crippen LogP contribution is 2.26. The summed E-state index contributed by atoms with van der Waals surface area (Å²) in [6, 6.07) is 3.12. The summed E-state index contributed by atoms with van der Waals surface area (Å²) in [5, 5.41) is 44.6. The Kier molecular flexibility index (Phi) is 24.3. The number of aliphatic hydroxyl groups is 1. The van der Waals surface area contributed by atoms with E-state index in [9.17, 15) is 72.9 Å². The van der Waals surface area contributed by atoms with Gasteiger partial charge in [0.2, 0.25) is 65.0 Å². The fourth-order valence-corrected chi connectivity index (χ4v) is 11.6. The van der Waals surface area contributed by atoms with Crippen LogP contribution in [-0.4, -0.2) is 206 Å². The Morgan fingerprint density at radius 2 is 1.05 bits per heavy atom. The van der Waals surface area contributed by atoms with E-state index < -0.39 is 157 Å². The smallest absolute Gasteiger partial charge is 0.326 e. The second kappa shape index (κ2) is 31.3. The van der Waals surface area contributed by atoms with Crippen LogP contribution in [0, 0.1) is 11.8 Å². The molecular weight excluding hydrogens is 1120 g/mol. The van der Waals surface area contributed by atoms with Crippen LogP contribution in [0.3, 0.4) is 0 Å². The maximum absolute atomic E-state index is 14.6. The molecule has 4 aliphatic heterocycles. The fraction of sp³-hybridized carbons (Fsp3) is 0.593. The predicted octanol–water partition coefficient (Wildman–Crippen LogP) is -1.95. The molecule has 470 valence electrons. The Hall–Kier alpha value is -8.20. The van der Waals surface area contributed by atoms with E-state index >= 15 is 0 Å². The molecule has 0 spiro atoms. The number of hydrogen-bond acceptors (Lipinski definition) is 15. The number of nitrogens with two attached hydrogens (primary N) is 2. The highest BCUT2D eigenvalue weighted by atomic mass is 16.4. The van der Waals surface area contributed by atoms with Crippen LogP contribution in [0.4, 0.5) is 0 Å². The molecule has 0 saturated carbocycles. The minimum absolute atomic E-state index is 0.0418. The average Bonchev–Trinajstić information content (AvgIpc) is 3.44. The van der Waals surface area contributed by atoms with Crippen LogP contribution in [0.15, 0.2) is 54.6 Å². The molecule has 0 radical (unpaired) electrons. The number of carboxylic acids is 1. The topological polar surface area (TPSA) is 403 Å². The Bertz CT molecular complexity index is 2790. The summed E-state index contributed by atoms with van der Waals surface area (Å²) in [4.78, 5) is 169. The number of amides is 11. The number of benzene rings is 2. The zero-order chi connectivity index (χ0) is 62.9. The number of nitrogens with zero attached hydrogens (tertiary/aromatic N) is 4. The van der Waals surface area contributed by atoms with Crippen LogP contribution in [0.5, 0.6) is 5.75 Å². The zero-order valence-corrected chi connectivity index (χ0v) is 49.2. The molecule has 11 unspecified atom stereocenters. The Morgan fingerprint density at radius 3 is 1.58 bits per heavy atom. The molecule has 11 amide bonds. The van der Waals surface area contributed by atoms with Gasteiger partial charge in [-0.25, -0.2) is 4.79 Å². The van der Waals surface area contributed by atoms with Crippen LogP contribution in [0.25, 0.3) is 0 Å². The summed E-state index contributed by atoms with van der Waals surface area (Å²) in [7, 11) is 0. The van der Waals surface area contributed by atoms with E-state index in [1.165, 1.54) is 31.7 Å². The summed E-state index contributed by atoms with van der Waals surface area (Å²) in [6.45, 7) is 6.17. The molecule has 0 aliphatic carbocycles. The van der Waals surface area contributed by atoms with E-state index in [1.807, 2.05) is 6.07 Å². The maximum Gasteiger partial charge on any atom is 0.326 e. The molecule has 27 heteroatoms. The number of carbonyl (C=O) groups excluding carboxylic acids is 11. The van der Waals surface area contributed by atoms with Gasteiger partial charge in [0.15, 0.2) is 0 Å². The molecule has 2 aromatic carbocycles. The molecule has 6 rings (SSSR count). The second-order valence-electron chi connectivity index (χ2n) is 23.1. The van der Waals surface area contributed by atoms with Crippen LogP contribution >= 0.6 is 0 Å². The number of likely N-dealkylation sites (tertiary alicyclic amines) is 4. The quantitative estimate of drug-likeness (QED) is 0.0441. The maximum atomic E-state index is 14.6. The molecule has 86 heavy (non-hydrogen) atoms. The predicted molar refractivity (Wildman–Crippen MR) is 309 cm³/mol. The van der Waals surface area contributed by atoms with Crippen molar-refractivity contribution in [2.24, 2.45) is 23.3 Å². The van der Waals surface area contributed by atoms with E-state index in [1.54, 1.807) is 64.1 Å². The molecule has 4 fully saturated rings. The molecule has 4 aliphatic rings. The number of phenolic OH excluding ortho intramolecular Hbond substituents is 1. The Morgan fingerprint density at radius 1 is 0.570 bits per heavy atom. The molecule has 4 heterocycles. The lowest BCUT2D eigenvalue weighted by atomic mass is 9.96. The normalized spacial score (nSPS) is 20.8. The average molecular weight is 1200 g/mol. The van der Waals surface area contributed by atoms with Gasteiger partial charge in [0.05, 0.1) is 25.6 Å². The van der Waals surface area contributed by atoms with Gasteiger partial charge in [-0.05, 0) is 99.3 Å². The lowest BCUT2D eigenvalue weighted by molar-refractivity contribution is -0.145. The van der Waals surface area contributed by atoms with Crippen molar-refractivity contribution in [1.29, 1.82) is 0 Å². The van der Waals surface area contributed by atoms with Crippen LogP contribution in [-0.2, 0) is 70.4 Å². The molecule has 2 aromatic rings. The highest BCUT2D eigenvalue weighted by Gasteiger charge is 2.45. The van der Waals surface area contributed by atoms with Gasteiger partial charge in [-0.15, -0.1) is 0 Å². The van der Waals surface area contributed by atoms with Gasteiger partial charge in [0.25, 0.3) is 0 Å². The van der Waals surface area contributed by atoms with Gasteiger partial charge in [-0.1, -0.05) is 76.6 Å². The first-order valence-electron chi connectivity index (χ1n) is 29.6. The fourth-order valence-electron chi connectivity index (χ4n) is 11.6. The first-order valence-corrected chi connectivity index (χ1v) is 29.6. The summed E-state index contributed by atoms with van der Waals surface area (Å²) >= 11 is 0. The third-order valence-electron chi connectivity index (χ3n) is 16.4. The number of primary amides is 1. The van der Waals surface area contributed by atoms with Gasteiger partial charge in [-0.3, -0.25) is 52.7 Å².